The van der Waals surface area contributed by atoms with Gasteiger partial charge in [0.2, 0.25) is 5.90 Å². The minimum atomic E-state index is -0.488. The van der Waals surface area contributed by atoms with Crippen molar-refractivity contribution in [2.45, 2.75) is 36.9 Å². The zero-order valence-corrected chi connectivity index (χ0v) is 14.9. The molecule has 0 spiro atoms. The molecule has 3 heterocycles. The fourth-order valence-corrected chi connectivity index (χ4v) is 3.82. The van der Waals surface area contributed by atoms with Crippen LogP contribution in [0.2, 0.25) is 0 Å². The number of nitrogens with zero attached hydrogens (tertiary/aromatic N) is 1. The standard InChI is InChI=1S/C21H21NO5/c1-23-21-16-18(26-19(22-16)13-8-4-2-5-9-13)17-15(25-21)12-24-20(27-17)14-10-6-3-7-11-14/h2-11,15-18,20-21H,12H2,1H3/t15-,16+,17-,18-,20-,21+/m1/s1. The van der Waals surface area contributed by atoms with Crippen LogP contribution in [0.3, 0.4) is 0 Å². The Kier molecular flexibility index (Phi) is 4.41. The summed E-state index contributed by atoms with van der Waals surface area (Å²) in [6, 6.07) is 19.5. The summed E-state index contributed by atoms with van der Waals surface area (Å²) in [5.41, 5.74) is 1.91. The van der Waals surface area contributed by atoms with E-state index in [9.17, 15) is 0 Å². The van der Waals surface area contributed by atoms with Crippen LogP contribution in [0.25, 0.3) is 0 Å². The Bertz CT molecular complexity index is 812. The highest BCUT2D eigenvalue weighted by Gasteiger charge is 2.54. The molecule has 2 saturated heterocycles. The molecule has 2 aromatic carbocycles. The second-order valence-electron chi connectivity index (χ2n) is 6.83. The second-order valence-corrected chi connectivity index (χ2v) is 6.83. The highest BCUT2D eigenvalue weighted by atomic mass is 16.7. The fourth-order valence-electron chi connectivity index (χ4n) is 3.82. The molecule has 6 heteroatoms. The van der Waals surface area contributed by atoms with Crippen molar-refractivity contribution >= 4 is 5.90 Å². The molecule has 27 heavy (non-hydrogen) atoms. The van der Waals surface area contributed by atoms with Crippen LogP contribution in [0, 0.1) is 0 Å². The smallest absolute Gasteiger partial charge is 0.217 e. The molecule has 3 aliphatic heterocycles. The minimum Gasteiger partial charge on any atom is -0.469 e. The summed E-state index contributed by atoms with van der Waals surface area (Å²) < 4.78 is 30.0. The molecule has 0 bridgehead atoms. The summed E-state index contributed by atoms with van der Waals surface area (Å²) in [4.78, 5) is 4.74. The van der Waals surface area contributed by atoms with Crippen LogP contribution in [-0.4, -0.2) is 50.3 Å². The van der Waals surface area contributed by atoms with Crippen molar-refractivity contribution < 1.29 is 23.7 Å². The number of methoxy groups -OCH3 is 1. The summed E-state index contributed by atoms with van der Waals surface area (Å²) in [6.45, 7) is 0.414. The van der Waals surface area contributed by atoms with E-state index in [2.05, 4.69) is 0 Å². The number of ether oxygens (including phenoxy) is 5. The highest BCUT2D eigenvalue weighted by Crippen LogP contribution is 2.39. The van der Waals surface area contributed by atoms with Crippen molar-refractivity contribution in [2.75, 3.05) is 13.7 Å². The first-order valence-corrected chi connectivity index (χ1v) is 9.13. The molecule has 5 rings (SSSR count). The summed E-state index contributed by atoms with van der Waals surface area (Å²) in [5, 5.41) is 0. The van der Waals surface area contributed by atoms with Crippen LogP contribution in [0.5, 0.6) is 0 Å². The predicted molar refractivity (Wildman–Crippen MR) is 97.3 cm³/mol. The number of hydrogen-bond acceptors (Lipinski definition) is 6. The van der Waals surface area contributed by atoms with E-state index in [1.807, 2.05) is 60.7 Å². The first kappa shape index (κ1) is 16.9. The van der Waals surface area contributed by atoms with Gasteiger partial charge in [-0.1, -0.05) is 48.5 Å². The van der Waals surface area contributed by atoms with Crippen molar-refractivity contribution in [3.05, 3.63) is 71.8 Å². The molecule has 0 amide bonds. The first-order chi connectivity index (χ1) is 13.3. The SMILES string of the molecule is CO[C@H]1O[C@@H]2CO[C@@H](c3ccccc3)O[C@H]2[C@@H]2OC(c3ccccc3)=N[C@H]12. The Morgan fingerprint density at radius 3 is 2.41 bits per heavy atom. The van der Waals surface area contributed by atoms with Crippen LogP contribution in [0.1, 0.15) is 17.4 Å². The summed E-state index contributed by atoms with van der Waals surface area (Å²) in [6.07, 6.45) is -1.76. The van der Waals surface area contributed by atoms with Crippen LogP contribution < -0.4 is 0 Å². The topological polar surface area (TPSA) is 58.5 Å². The summed E-state index contributed by atoms with van der Waals surface area (Å²) in [5.74, 6) is 0.600. The number of aliphatic imine (C=N–C) groups is 1. The third-order valence-corrected chi connectivity index (χ3v) is 5.15. The van der Waals surface area contributed by atoms with E-state index in [0.29, 0.717) is 12.5 Å². The Hall–Kier alpha value is -2.25. The number of benzene rings is 2. The lowest BCUT2D eigenvalue weighted by Gasteiger charge is -2.45. The van der Waals surface area contributed by atoms with E-state index >= 15 is 0 Å². The lowest BCUT2D eigenvalue weighted by molar-refractivity contribution is -0.333. The minimum absolute atomic E-state index is 0.263. The van der Waals surface area contributed by atoms with Gasteiger partial charge >= 0.3 is 0 Å². The predicted octanol–water partition coefficient (Wildman–Crippen LogP) is 2.69. The van der Waals surface area contributed by atoms with Gasteiger partial charge in [0.05, 0.1) is 6.61 Å². The lowest BCUT2D eigenvalue weighted by atomic mass is 9.96. The maximum absolute atomic E-state index is 6.27. The molecule has 0 N–H and O–H groups in total. The maximum Gasteiger partial charge on any atom is 0.217 e. The fraction of sp³-hybridized carbons (Fsp3) is 0.381. The van der Waals surface area contributed by atoms with E-state index in [0.717, 1.165) is 11.1 Å². The van der Waals surface area contributed by atoms with Crippen LogP contribution in [-0.2, 0) is 23.7 Å². The van der Waals surface area contributed by atoms with Gasteiger partial charge in [-0.2, -0.15) is 0 Å². The number of rotatable bonds is 3. The van der Waals surface area contributed by atoms with E-state index in [1.165, 1.54) is 0 Å². The molecule has 0 aromatic heterocycles. The van der Waals surface area contributed by atoms with Gasteiger partial charge in [-0.05, 0) is 12.1 Å². The van der Waals surface area contributed by atoms with Gasteiger partial charge in [-0.3, -0.25) is 0 Å². The lowest BCUT2D eigenvalue weighted by Crippen LogP contribution is -2.60. The maximum atomic E-state index is 6.27. The van der Waals surface area contributed by atoms with Crippen molar-refractivity contribution in [1.82, 2.24) is 0 Å². The second kappa shape index (κ2) is 7.05. The largest absolute Gasteiger partial charge is 0.469 e. The molecule has 6 nitrogen and oxygen atoms in total. The Morgan fingerprint density at radius 2 is 1.67 bits per heavy atom. The van der Waals surface area contributed by atoms with E-state index in [4.69, 9.17) is 28.7 Å². The average molecular weight is 367 g/mol. The molecule has 140 valence electrons. The quantitative estimate of drug-likeness (QED) is 0.835. The Labute approximate surface area is 157 Å². The molecule has 2 fully saturated rings. The normalized spacial score (nSPS) is 34.9. The number of hydrogen-bond donors (Lipinski definition) is 0. The summed E-state index contributed by atoms with van der Waals surface area (Å²) >= 11 is 0. The Morgan fingerprint density at radius 1 is 0.926 bits per heavy atom. The van der Waals surface area contributed by atoms with Crippen LogP contribution >= 0.6 is 0 Å². The summed E-state index contributed by atoms with van der Waals surface area (Å²) in [7, 11) is 1.62. The molecule has 6 atom stereocenters. The third-order valence-electron chi connectivity index (χ3n) is 5.15. The van der Waals surface area contributed by atoms with Crippen LogP contribution in [0.4, 0.5) is 0 Å². The molecule has 0 aliphatic carbocycles. The van der Waals surface area contributed by atoms with Gasteiger partial charge in [0, 0.05) is 18.2 Å². The zero-order valence-electron chi connectivity index (χ0n) is 14.9. The van der Waals surface area contributed by atoms with Gasteiger partial charge in [-0.15, -0.1) is 0 Å². The average Bonchev–Trinajstić information content (AvgIpc) is 3.20. The van der Waals surface area contributed by atoms with Crippen molar-refractivity contribution in [3.63, 3.8) is 0 Å². The molecule has 0 unspecified atom stereocenters. The Balaban J connectivity index is 1.41. The molecule has 3 aliphatic rings. The van der Waals surface area contributed by atoms with Gasteiger partial charge in [-0.25, -0.2) is 4.99 Å². The van der Waals surface area contributed by atoms with Gasteiger partial charge in [0.25, 0.3) is 0 Å². The molecule has 0 saturated carbocycles. The van der Waals surface area contributed by atoms with Gasteiger partial charge in [0.15, 0.2) is 18.7 Å². The van der Waals surface area contributed by atoms with Crippen molar-refractivity contribution in [1.29, 1.82) is 0 Å². The van der Waals surface area contributed by atoms with Crippen LogP contribution in [0.15, 0.2) is 65.7 Å². The van der Waals surface area contributed by atoms with Gasteiger partial charge in [0.1, 0.15) is 18.2 Å². The van der Waals surface area contributed by atoms with Crippen molar-refractivity contribution in [2.24, 2.45) is 4.99 Å². The number of fused-ring (bicyclic) bond motifs is 3. The van der Waals surface area contributed by atoms with E-state index in [1.54, 1.807) is 7.11 Å². The molecule has 2 aromatic rings. The third kappa shape index (κ3) is 3.04. The van der Waals surface area contributed by atoms with Crippen molar-refractivity contribution in [3.8, 4) is 0 Å². The first-order valence-electron chi connectivity index (χ1n) is 9.13. The van der Waals surface area contributed by atoms with E-state index < -0.39 is 12.6 Å². The molecule has 0 radical (unpaired) electrons. The molecular weight excluding hydrogens is 346 g/mol. The van der Waals surface area contributed by atoms with Gasteiger partial charge < -0.3 is 23.7 Å². The van der Waals surface area contributed by atoms with E-state index in [-0.39, 0.29) is 24.4 Å². The monoisotopic (exact) mass is 367 g/mol. The molecular formula is C21H21NO5. The zero-order chi connectivity index (χ0) is 18.2. The highest BCUT2D eigenvalue weighted by molar-refractivity contribution is 5.95.